The Morgan fingerprint density at radius 1 is 1.53 bits per heavy atom. The standard InChI is InChI=1S/C12H22N2O/c1-4-7-13-11(15)8-14-12(9(2)3)10-5-6-10/h4,9-10,12,14H,1,5-8H2,2-3H3,(H,13,15). The predicted octanol–water partition coefficient (Wildman–Crippen LogP) is 1.31. The maximum atomic E-state index is 11.4. The van der Waals surface area contributed by atoms with Crippen LogP contribution in [0.4, 0.5) is 0 Å². The van der Waals surface area contributed by atoms with Crippen molar-refractivity contribution in [1.82, 2.24) is 10.6 Å². The van der Waals surface area contributed by atoms with Crippen molar-refractivity contribution >= 4 is 5.91 Å². The fourth-order valence-corrected chi connectivity index (χ4v) is 1.86. The van der Waals surface area contributed by atoms with Gasteiger partial charge in [-0.25, -0.2) is 0 Å². The van der Waals surface area contributed by atoms with Gasteiger partial charge in [0, 0.05) is 12.6 Å². The van der Waals surface area contributed by atoms with Crippen molar-refractivity contribution in [3.05, 3.63) is 12.7 Å². The zero-order valence-corrected chi connectivity index (χ0v) is 9.75. The summed E-state index contributed by atoms with van der Waals surface area (Å²) < 4.78 is 0. The quantitative estimate of drug-likeness (QED) is 0.622. The van der Waals surface area contributed by atoms with Gasteiger partial charge in [-0.1, -0.05) is 19.9 Å². The summed E-state index contributed by atoms with van der Waals surface area (Å²) in [5.74, 6) is 1.45. The highest BCUT2D eigenvalue weighted by molar-refractivity contribution is 5.78. The third-order valence-electron chi connectivity index (χ3n) is 2.79. The zero-order valence-electron chi connectivity index (χ0n) is 9.75. The number of carbonyl (C=O) groups is 1. The summed E-state index contributed by atoms with van der Waals surface area (Å²) in [7, 11) is 0. The molecule has 0 aromatic rings. The third-order valence-corrected chi connectivity index (χ3v) is 2.79. The summed E-state index contributed by atoms with van der Waals surface area (Å²) in [5.41, 5.74) is 0. The van der Waals surface area contributed by atoms with E-state index in [1.165, 1.54) is 12.8 Å². The van der Waals surface area contributed by atoms with Gasteiger partial charge in [0.15, 0.2) is 0 Å². The van der Waals surface area contributed by atoms with Crippen LogP contribution in [0.1, 0.15) is 26.7 Å². The Bertz CT molecular complexity index is 220. The Morgan fingerprint density at radius 2 is 2.20 bits per heavy atom. The Morgan fingerprint density at radius 3 is 2.67 bits per heavy atom. The van der Waals surface area contributed by atoms with Gasteiger partial charge in [0.1, 0.15) is 0 Å². The van der Waals surface area contributed by atoms with E-state index in [4.69, 9.17) is 0 Å². The molecular weight excluding hydrogens is 188 g/mol. The van der Waals surface area contributed by atoms with Crippen LogP contribution in [0.2, 0.25) is 0 Å². The number of hydrogen-bond donors (Lipinski definition) is 2. The van der Waals surface area contributed by atoms with Crippen molar-refractivity contribution < 1.29 is 4.79 Å². The lowest BCUT2D eigenvalue weighted by Crippen LogP contribution is -2.42. The monoisotopic (exact) mass is 210 g/mol. The maximum absolute atomic E-state index is 11.4. The molecule has 86 valence electrons. The number of rotatable bonds is 7. The Hall–Kier alpha value is -0.830. The molecule has 3 heteroatoms. The fraction of sp³-hybridized carbons (Fsp3) is 0.750. The van der Waals surface area contributed by atoms with Crippen LogP contribution in [0, 0.1) is 11.8 Å². The molecule has 2 N–H and O–H groups in total. The number of nitrogens with one attached hydrogen (secondary N) is 2. The van der Waals surface area contributed by atoms with E-state index in [-0.39, 0.29) is 5.91 Å². The van der Waals surface area contributed by atoms with E-state index in [0.717, 1.165) is 5.92 Å². The summed E-state index contributed by atoms with van der Waals surface area (Å²) in [6.45, 7) is 8.95. The first-order valence-corrected chi connectivity index (χ1v) is 5.76. The highest BCUT2D eigenvalue weighted by Gasteiger charge is 2.32. The van der Waals surface area contributed by atoms with Crippen molar-refractivity contribution in [2.45, 2.75) is 32.7 Å². The summed E-state index contributed by atoms with van der Waals surface area (Å²) in [4.78, 5) is 11.4. The normalized spacial score (nSPS) is 17.5. The Kier molecular flexibility index (Phi) is 4.82. The predicted molar refractivity (Wildman–Crippen MR) is 62.6 cm³/mol. The summed E-state index contributed by atoms with van der Waals surface area (Å²) in [6, 6.07) is 0.500. The summed E-state index contributed by atoms with van der Waals surface area (Å²) in [6.07, 6.45) is 4.31. The van der Waals surface area contributed by atoms with Gasteiger partial charge in [-0.3, -0.25) is 4.79 Å². The molecule has 3 nitrogen and oxygen atoms in total. The number of carbonyl (C=O) groups excluding carboxylic acids is 1. The van der Waals surface area contributed by atoms with E-state index in [2.05, 4.69) is 31.1 Å². The second-order valence-corrected chi connectivity index (χ2v) is 4.58. The molecule has 0 aliphatic heterocycles. The van der Waals surface area contributed by atoms with Crippen molar-refractivity contribution in [2.24, 2.45) is 11.8 Å². The van der Waals surface area contributed by atoms with Crippen molar-refractivity contribution in [2.75, 3.05) is 13.1 Å². The topological polar surface area (TPSA) is 41.1 Å². The van der Waals surface area contributed by atoms with Crippen LogP contribution in [-0.4, -0.2) is 25.0 Å². The largest absolute Gasteiger partial charge is 0.352 e. The minimum Gasteiger partial charge on any atom is -0.352 e. The van der Waals surface area contributed by atoms with Crippen LogP contribution in [-0.2, 0) is 4.79 Å². The lowest BCUT2D eigenvalue weighted by Gasteiger charge is -2.21. The zero-order chi connectivity index (χ0) is 11.3. The minimum absolute atomic E-state index is 0.0567. The molecule has 0 saturated heterocycles. The van der Waals surface area contributed by atoms with Crippen LogP contribution >= 0.6 is 0 Å². The van der Waals surface area contributed by atoms with E-state index in [1.807, 2.05) is 0 Å². The van der Waals surface area contributed by atoms with Crippen molar-refractivity contribution in [3.8, 4) is 0 Å². The Labute approximate surface area is 92.3 Å². The van der Waals surface area contributed by atoms with Gasteiger partial charge >= 0.3 is 0 Å². The molecule has 1 aliphatic rings. The molecule has 0 radical (unpaired) electrons. The smallest absolute Gasteiger partial charge is 0.234 e. The van der Waals surface area contributed by atoms with Gasteiger partial charge in [0.05, 0.1) is 6.54 Å². The molecule has 0 bridgehead atoms. The summed E-state index contributed by atoms with van der Waals surface area (Å²) in [5, 5.41) is 6.11. The average molecular weight is 210 g/mol. The molecule has 1 aliphatic carbocycles. The summed E-state index contributed by atoms with van der Waals surface area (Å²) >= 11 is 0. The van der Waals surface area contributed by atoms with Crippen molar-refractivity contribution in [1.29, 1.82) is 0 Å². The van der Waals surface area contributed by atoms with E-state index in [9.17, 15) is 4.79 Å². The van der Waals surface area contributed by atoms with E-state index in [1.54, 1.807) is 6.08 Å². The first kappa shape index (κ1) is 12.2. The van der Waals surface area contributed by atoms with Crippen LogP contribution < -0.4 is 10.6 Å². The van der Waals surface area contributed by atoms with Gasteiger partial charge < -0.3 is 10.6 Å². The van der Waals surface area contributed by atoms with Gasteiger partial charge in [0.2, 0.25) is 5.91 Å². The molecule has 0 aromatic carbocycles. The number of hydrogen-bond acceptors (Lipinski definition) is 2. The molecule has 1 rings (SSSR count). The molecule has 0 spiro atoms. The molecule has 1 saturated carbocycles. The fourth-order valence-electron chi connectivity index (χ4n) is 1.86. The molecule has 15 heavy (non-hydrogen) atoms. The molecule has 0 heterocycles. The minimum atomic E-state index is 0.0567. The molecular formula is C12H22N2O. The van der Waals surface area contributed by atoms with Crippen LogP contribution in [0.25, 0.3) is 0 Å². The lowest BCUT2D eigenvalue weighted by molar-refractivity contribution is -0.120. The van der Waals surface area contributed by atoms with Gasteiger partial charge in [0.25, 0.3) is 0 Å². The highest BCUT2D eigenvalue weighted by atomic mass is 16.1. The van der Waals surface area contributed by atoms with Crippen LogP contribution in [0.15, 0.2) is 12.7 Å². The van der Waals surface area contributed by atoms with E-state index < -0.39 is 0 Å². The molecule has 0 aromatic heterocycles. The van der Waals surface area contributed by atoms with Crippen LogP contribution in [0.3, 0.4) is 0 Å². The Balaban J connectivity index is 2.20. The average Bonchev–Trinajstić information content (AvgIpc) is 2.98. The van der Waals surface area contributed by atoms with Crippen LogP contribution in [0.5, 0.6) is 0 Å². The number of amides is 1. The third kappa shape index (κ3) is 4.47. The van der Waals surface area contributed by atoms with Crippen molar-refractivity contribution in [3.63, 3.8) is 0 Å². The first-order chi connectivity index (χ1) is 7.15. The maximum Gasteiger partial charge on any atom is 0.234 e. The van der Waals surface area contributed by atoms with Gasteiger partial charge in [-0.05, 0) is 24.7 Å². The van der Waals surface area contributed by atoms with Gasteiger partial charge in [-0.2, -0.15) is 0 Å². The van der Waals surface area contributed by atoms with E-state index >= 15 is 0 Å². The molecule has 1 atom stereocenters. The lowest BCUT2D eigenvalue weighted by atomic mass is 10.00. The van der Waals surface area contributed by atoms with E-state index in [0.29, 0.717) is 25.0 Å². The first-order valence-electron chi connectivity index (χ1n) is 5.76. The molecule has 1 amide bonds. The second-order valence-electron chi connectivity index (χ2n) is 4.58. The highest BCUT2D eigenvalue weighted by Crippen LogP contribution is 2.35. The second kappa shape index (κ2) is 5.91. The SMILES string of the molecule is C=CCNC(=O)CNC(C(C)C)C1CC1. The molecule has 1 fully saturated rings. The van der Waals surface area contributed by atoms with Gasteiger partial charge in [-0.15, -0.1) is 6.58 Å². The molecule has 1 unspecified atom stereocenters.